The predicted octanol–water partition coefficient (Wildman–Crippen LogP) is 3.93. The minimum atomic E-state index is -0.651. The maximum Gasteiger partial charge on any atom is 0.0988 e. The topological polar surface area (TPSA) is 20.2 Å². The van der Waals surface area contributed by atoms with Gasteiger partial charge in [-0.15, -0.1) is 11.6 Å². The van der Waals surface area contributed by atoms with Crippen LogP contribution in [0.2, 0.25) is 0 Å². The van der Waals surface area contributed by atoms with Gasteiger partial charge in [0.25, 0.3) is 0 Å². The van der Waals surface area contributed by atoms with Crippen molar-refractivity contribution < 1.29 is 5.11 Å². The average Bonchev–Trinajstić information content (AvgIpc) is 2.25. The van der Waals surface area contributed by atoms with E-state index in [0.717, 1.165) is 5.56 Å². The standard InChI is InChI=1S/C14H19ClO/c1-14(2,3)10-9-12(15)13(16)11-7-5-4-6-8-11/h4-10,12-13,16H,1-3H3. The van der Waals surface area contributed by atoms with Crippen LogP contribution >= 0.6 is 11.6 Å². The van der Waals surface area contributed by atoms with Crippen LogP contribution in [0.5, 0.6) is 0 Å². The first-order valence-corrected chi connectivity index (χ1v) is 5.90. The van der Waals surface area contributed by atoms with Gasteiger partial charge in [0.05, 0.1) is 11.5 Å². The van der Waals surface area contributed by atoms with E-state index in [1.54, 1.807) is 0 Å². The van der Waals surface area contributed by atoms with Gasteiger partial charge in [-0.25, -0.2) is 0 Å². The lowest BCUT2D eigenvalue weighted by molar-refractivity contribution is 0.184. The highest BCUT2D eigenvalue weighted by molar-refractivity contribution is 6.22. The number of allylic oxidation sites excluding steroid dienone is 1. The van der Waals surface area contributed by atoms with Crippen molar-refractivity contribution in [3.63, 3.8) is 0 Å². The van der Waals surface area contributed by atoms with E-state index in [2.05, 4.69) is 20.8 Å². The minimum Gasteiger partial charge on any atom is -0.387 e. The average molecular weight is 239 g/mol. The molecular formula is C14H19ClO. The molecule has 0 amide bonds. The quantitative estimate of drug-likeness (QED) is 0.625. The number of alkyl halides is 1. The largest absolute Gasteiger partial charge is 0.387 e. The Balaban J connectivity index is 2.69. The van der Waals surface area contributed by atoms with E-state index >= 15 is 0 Å². The number of benzene rings is 1. The van der Waals surface area contributed by atoms with Gasteiger partial charge >= 0.3 is 0 Å². The van der Waals surface area contributed by atoms with Gasteiger partial charge in [-0.05, 0) is 11.0 Å². The van der Waals surface area contributed by atoms with Gasteiger partial charge in [0.1, 0.15) is 0 Å². The maximum absolute atomic E-state index is 10.0. The number of rotatable bonds is 3. The Labute approximate surface area is 103 Å². The Kier molecular flexibility index (Phi) is 4.57. The van der Waals surface area contributed by atoms with Gasteiger partial charge in [-0.3, -0.25) is 0 Å². The number of hydrogen-bond acceptors (Lipinski definition) is 1. The first-order chi connectivity index (χ1) is 7.40. The Bertz CT molecular complexity index is 338. The lowest BCUT2D eigenvalue weighted by Crippen LogP contribution is -2.11. The number of halogens is 1. The van der Waals surface area contributed by atoms with Gasteiger partial charge in [-0.1, -0.05) is 63.3 Å². The van der Waals surface area contributed by atoms with Crippen molar-refractivity contribution in [2.24, 2.45) is 5.41 Å². The fourth-order valence-corrected chi connectivity index (χ4v) is 1.54. The molecule has 88 valence electrons. The molecule has 2 atom stereocenters. The van der Waals surface area contributed by atoms with E-state index < -0.39 is 6.10 Å². The van der Waals surface area contributed by atoms with Crippen molar-refractivity contribution in [1.82, 2.24) is 0 Å². The summed E-state index contributed by atoms with van der Waals surface area (Å²) in [6.45, 7) is 6.30. The third-order valence-electron chi connectivity index (χ3n) is 2.22. The Morgan fingerprint density at radius 3 is 2.25 bits per heavy atom. The zero-order valence-electron chi connectivity index (χ0n) is 10.0. The number of aliphatic hydroxyl groups excluding tert-OH is 1. The zero-order chi connectivity index (χ0) is 12.2. The summed E-state index contributed by atoms with van der Waals surface area (Å²) >= 11 is 6.14. The van der Waals surface area contributed by atoms with Crippen LogP contribution in [-0.2, 0) is 0 Å². The normalized spacial score (nSPS) is 16.3. The maximum atomic E-state index is 10.0. The van der Waals surface area contributed by atoms with E-state index in [9.17, 15) is 5.11 Å². The summed E-state index contributed by atoms with van der Waals surface area (Å²) in [5.74, 6) is 0. The molecule has 1 N–H and O–H groups in total. The summed E-state index contributed by atoms with van der Waals surface area (Å²) in [5.41, 5.74) is 0.935. The highest BCUT2D eigenvalue weighted by Gasteiger charge is 2.16. The number of aliphatic hydroxyl groups is 1. The van der Waals surface area contributed by atoms with E-state index in [4.69, 9.17) is 11.6 Å². The molecule has 1 rings (SSSR count). The van der Waals surface area contributed by atoms with Crippen molar-refractivity contribution in [2.45, 2.75) is 32.3 Å². The summed E-state index contributed by atoms with van der Waals surface area (Å²) in [5, 5.41) is 9.62. The van der Waals surface area contributed by atoms with Crippen LogP contribution in [-0.4, -0.2) is 10.5 Å². The Morgan fingerprint density at radius 2 is 1.75 bits per heavy atom. The first kappa shape index (κ1) is 13.3. The van der Waals surface area contributed by atoms with Gasteiger partial charge in [0, 0.05) is 0 Å². The highest BCUT2D eigenvalue weighted by atomic mass is 35.5. The van der Waals surface area contributed by atoms with E-state index in [1.165, 1.54) is 0 Å². The summed E-state index contributed by atoms with van der Waals surface area (Å²) in [4.78, 5) is 0. The molecule has 1 aromatic carbocycles. The van der Waals surface area contributed by atoms with Crippen molar-refractivity contribution in [3.05, 3.63) is 48.0 Å². The first-order valence-electron chi connectivity index (χ1n) is 5.46. The van der Waals surface area contributed by atoms with E-state index in [0.29, 0.717) is 0 Å². The summed E-state index contributed by atoms with van der Waals surface area (Å²) in [6.07, 6.45) is 3.23. The molecule has 1 aromatic rings. The molecule has 16 heavy (non-hydrogen) atoms. The molecule has 0 bridgehead atoms. The van der Waals surface area contributed by atoms with Crippen LogP contribution in [0, 0.1) is 5.41 Å². The van der Waals surface area contributed by atoms with Crippen molar-refractivity contribution in [3.8, 4) is 0 Å². The molecule has 2 heteroatoms. The Hall–Kier alpha value is -0.790. The van der Waals surface area contributed by atoms with Crippen LogP contribution in [0.3, 0.4) is 0 Å². The monoisotopic (exact) mass is 238 g/mol. The van der Waals surface area contributed by atoms with Crippen LogP contribution < -0.4 is 0 Å². The smallest absolute Gasteiger partial charge is 0.0988 e. The van der Waals surface area contributed by atoms with Gasteiger partial charge < -0.3 is 5.11 Å². The number of hydrogen-bond donors (Lipinski definition) is 1. The molecule has 0 saturated carbocycles. The van der Waals surface area contributed by atoms with Gasteiger partial charge in [0.15, 0.2) is 0 Å². The summed E-state index contributed by atoms with van der Waals surface area (Å²) in [6, 6.07) is 9.48. The SMILES string of the molecule is CC(C)(C)C=CC(Cl)C(O)c1ccccc1. The molecule has 0 heterocycles. The zero-order valence-corrected chi connectivity index (χ0v) is 10.8. The summed E-state index contributed by atoms with van der Waals surface area (Å²) in [7, 11) is 0. The van der Waals surface area contributed by atoms with Crippen LogP contribution in [0.15, 0.2) is 42.5 Å². The third kappa shape index (κ3) is 4.38. The minimum absolute atomic E-state index is 0.0869. The fourth-order valence-electron chi connectivity index (χ4n) is 1.32. The van der Waals surface area contributed by atoms with Gasteiger partial charge in [-0.2, -0.15) is 0 Å². The van der Waals surface area contributed by atoms with E-state index in [-0.39, 0.29) is 10.8 Å². The Morgan fingerprint density at radius 1 is 1.19 bits per heavy atom. The molecule has 0 aliphatic rings. The second kappa shape index (κ2) is 5.51. The molecule has 0 aliphatic carbocycles. The molecule has 0 saturated heterocycles. The molecular weight excluding hydrogens is 220 g/mol. The molecule has 0 radical (unpaired) electrons. The summed E-state index contributed by atoms with van der Waals surface area (Å²) < 4.78 is 0. The molecule has 0 spiro atoms. The van der Waals surface area contributed by atoms with Crippen LogP contribution in [0.25, 0.3) is 0 Å². The molecule has 0 fully saturated rings. The second-order valence-electron chi connectivity index (χ2n) is 5.03. The van der Waals surface area contributed by atoms with Crippen LogP contribution in [0.4, 0.5) is 0 Å². The predicted molar refractivity (Wildman–Crippen MR) is 69.6 cm³/mol. The molecule has 0 aliphatic heterocycles. The second-order valence-corrected chi connectivity index (χ2v) is 5.53. The molecule has 0 aromatic heterocycles. The lowest BCUT2D eigenvalue weighted by Gasteiger charge is -2.17. The van der Waals surface area contributed by atoms with Crippen LogP contribution in [0.1, 0.15) is 32.4 Å². The molecule has 1 nitrogen and oxygen atoms in total. The van der Waals surface area contributed by atoms with Crippen molar-refractivity contribution >= 4 is 11.6 Å². The van der Waals surface area contributed by atoms with Crippen molar-refractivity contribution in [2.75, 3.05) is 0 Å². The fraction of sp³-hybridized carbons (Fsp3) is 0.429. The van der Waals surface area contributed by atoms with E-state index in [1.807, 2.05) is 42.5 Å². The van der Waals surface area contributed by atoms with Gasteiger partial charge in [0.2, 0.25) is 0 Å². The third-order valence-corrected chi connectivity index (χ3v) is 2.61. The lowest BCUT2D eigenvalue weighted by atomic mass is 9.95. The molecule has 2 unspecified atom stereocenters. The highest BCUT2D eigenvalue weighted by Crippen LogP contribution is 2.24. The van der Waals surface area contributed by atoms with Crippen molar-refractivity contribution in [1.29, 1.82) is 0 Å².